The van der Waals surface area contributed by atoms with Crippen LogP contribution in [-0.2, 0) is 13.6 Å². The number of hydrogen-bond donors (Lipinski definition) is 1. The number of aromatic nitrogens is 7. The molecule has 5 heterocycles. The Labute approximate surface area is 227 Å². The van der Waals surface area contributed by atoms with Gasteiger partial charge in [0, 0.05) is 32.4 Å². The van der Waals surface area contributed by atoms with E-state index in [2.05, 4.69) is 21.9 Å². The Kier molecular flexibility index (Phi) is 6.64. The van der Waals surface area contributed by atoms with Gasteiger partial charge in [-0.2, -0.15) is 5.10 Å². The van der Waals surface area contributed by atoms with Crippen LogP contribution >= 0.6 is 0 Å². The number of aliphatic hydroxyl groups excluding tert-OH is 1. The second-order valence-corrected chi connectivity index (χ2v) is 10.6. The predicted molar refractivity (Wildman–Crippen MR) is 148 cm³/mol. The minimum Gasteiger partial charge on any atom is -0.476 e. The van der Waals surface area contributed by atoms with Gasteiger partial charge in [0.2, 0.25) is 11.8 Å². The van der Waals surface area contributed by atoms with Crippen molar-refractivity contribution in [3.63, 3.8) is 0 Å². The highest BCUT2D eigenvalue weighted by Gasteiger charge is 2.33. The van der Waals surface area contributed by atoms with E-state index < -0.39 is 0 Å². The Hall–Kier alpha value is -3.70. The molecule has 1 N–H and O–H groups in total. The highest BCUT2D eigenvalue weighted by Crippen LogP contribution is 2.36. The molecule has 0 radical (unpaired) electrons. The van der Waals surface area contributed by atoms with Crippen molar-refractivity contribution in [3.8, 4) is 23.0 Å². The van der Waals surface area contributed by atoms with Gasteiger partial charge in [-0.1, -0.05) is 0 Å². The van der Waals surface area contributed by atoms with E-state index in [0.717, 1.165) is 58.9 Å². The monoisotopic (exact) mass is 532 g/mol. The fraction of sp³-hybridized carbons (Fsp3) is 0.500. The van der Waals surface area contributed by atoms with Crippen LogP contribution in [0.3, 0.4) is 0 Å². The van der Waals surface area contributed by atoms with Crippen molar-refractivity contribution < 1.29 is 14.6 Å². The molecule has 11 heteroatoms. The summed E-state index contributed by atoms with van der Waals surface area (Å²) in [6, 6.07) is 0.280. The van der Waals surface area contributed by atoms with Gasteiger partial charge in [-0.15, -0.1) is 5.10 Å². The molecular weight excluding hydrogens is 496 g/mol. The molecule has 11 nitrogen and oxygen atoms in total. The summed E-state index contributed by atoms with van der Waals surface area (Å²) in [5, 5.41) is 19.5. The van der Waals surface area contributed by atoms with Crippen molar-refractivity contribution in [1.82, 2.24) is 38.8 Å². The van der Waals surface area contributed by atoms with E-state index in [0.29, 0.717) is 31.0 Å². The average Bonchev–Trinajstić information content (AvgIpc) is 3.53. The highest BCUT2D eigenvalue weighted by atomic mass is 16.5. The summed E-state index contributed by atoms with van der Waals surface area (Å²) in [4.78, 5) is 11.9. The number of fused-ring (bicyclic) bond motifs is 4. The molecule has 1 saturated carbocycles. The second-order valence-electron chi connectivity index (χ2n) is 10.6. The molecule has 0 aromatic carbocycles. The second kappa shape index (κ2) is 10.1. The lowest BCUT2D eigenvalue weighted by Crippen LogP contribution is -2.36. The van der Waals surface area contributed by atoms with Crippen molar-refractivity contribution in [1.29, 1.82) is 0 Å². The molecule has 1 fully saturated rings. The van der Waals surface area contributed by atoms with Crippen LogP contribution in [0, 0.1) is 6.92 Å². The topological polar surface area (TPSA) is 108 Å². The van der Waals surface area contributed by atoms with Crippen LogP contribution in [0.1, 0.15) is 62.4 Å². The van der Waals surface area contributed by atoms with Gasteiger partial charge in [-0.25, -0.2) is 9.67 Å². The van der Waals surface area contributed by atoms with E-state index in [4.69, 9.17) is 19.6 Å². The summed E-state index contributed by atoms with van der Waals surface area (Å²) in [7, 11) is 1.91. The van der Waals surface area contributed by atoms with Crippen LogP contribution in [0.4, 0.5) is 0 Å². The van der Waals surface area contributed by atoms with Crippen molar-refractivity contribution in [3.05, 3.63) is 41.4 Å². The van der Waals surface area contributed by atoms with Crippen molar-refractivity contribution in [2.45, 2.75) is 65.3 Å². The molecule has 2 bridgehead atoms. The van der Waals surface area contributed by atoms with Crippen LogP contribution in [0.15, 0.2) is 18.6 Å². The number of aryl methyl sites for hydroxylation is 2. The molecule has 4 aromatic heterocycles. The van der Waals surface area contributed by atoms with Crippen molar-refractivity contribution in [2.24, 2.45) is 7.05 Å². The zero-order valence-electron chi connectivity index (χ0n) is 23.2. The zero-order valence-corrected chi connectivity index (χ0v) is 23.2. The number of ether oxygens (including phenoxy) is 2. The lowest BCUT2D eigenvalue weighted by atomic mass is 10.1. The van der Waals surface area contributed by atoms with Gasteiger partial charge in [-0.3, -0.25) is 19.0 Å². The minimum absolute atomic E-state index is 0.0182. The van der Waals surface area contributed by atoms with E-state index in [1.165, 1.54) is 0 Å². The largest absolute Gasteiger partial charge is 0.476 e. The summed E-state index contributed by atoms with van der Waals surface area (Å²) < 4.78 is 18.3. The third-order valence-electron chi connectivity index (χ3n) is 7.47. The summed E-state index contributed by atoms with van der Waals surface area (Å²) in [5.74, 6) is 2.02. The first-order valence-corrected chi connectivity index (χ1v) is 13.7. The zero-order chi connectivity index (χ0) is 27.3. The maximum atomic E-state index is 10.1. The molecule has 0 unspecified atom stereocenters. The van der Waals surface area contributed by atoms with Gasteiger partial charge in [0.25, 0.3) is 0 Å². The van der Waals surface area contributed by atoms with Gasteiger partial charge in [0.1, 0.15) is 11.9 Å². The summed E-state index contributed by atoms with van der Waals surface area (Å²) >= 11 is 0. The molecule has 206 valence electrons. The lowest BCUT2D eigenvalue weighted by molar-refractivity contribution is 0.124. The molecule has 1 aliphatic heterocycles. The average molecular weight is 533 g/mol. The van der Waals surface area contributed by atoms with Gasteiger partial charge < -0.3 is 14.6 Å². The molecule has 4 aromatic rings. The van der Waals surface area contributed by atoms with Gasteiger partial charge >= 0.3 is 0 Å². The molecule has 0 saturated heterocycles. The van der Waals surface area contributed by atoms with Crippen LogP contribution in [0.2, 0.25) is 0 Å². The smallest absolute Gasteiger partial charge is 0.240 e. The summed E-state index contributed by atoms with van der Waals surface area (Å²) in [6.45, 7) is 9.88. The Morgan fingerprint density at radius 3 is 2.72 bits per heavy atom. The van der Waals surface area contributed by atoms with E-state index in [-0.39, 0.29) is 18.8 Å². The highest BCUT2D eigenvalue weighted by molar-refractivity contribution is 5.73. The Bertz CT molecular complexity index is 1530. The van der Waals surface area contributed by atoms with E-state index >= 15 is 0 Å². The van der Waals surface area contributed by atoms with Crippen LogP contribution < -0.4 is 9.47 Å². The lowest BCUT2D eigenvalue weighted by Gasteiger charge is -2.27. The SMILES string of the molecule is CCOc1nn([C@@H](C)CO)c2c1/C=C/c1ncc3cnc(cn13)-c1c(C)nn(C)c1O[C@@H](C)CN(C1CC1)C2. The quantitative estimate of drug-likeness (QED) is 0.416. The van der Waals surface area contributed by atoms with Crippen LogP contribution in [-0.4, -0.2) is 75.8 Å². The predicted octanol–water partition coefficient (Wildman–Crippen LogP) is 3.50. The number of imidazole rings is 1. The molecule has 0 amide bonds. The summed E-state index contributed by atoms with van der Waals surface area (Å²) in [6.07, 6.45) is 11.8. The fourth-order valence-corrected chi connectivity index (χ4v) is 5.40. The number of aliphatic hydroxyl groups is 1. The number of rotatable bonds is 5. The molecule has 0 spiro atoms. The minimum atomic E-state index is -0.195. The third kappa shape index (κ3) is 4.70. The fourth-order valence-electron chi connectivity index (χ4n) is 5.40. The maximum absolute atomic E-state index is 10.1. The van der Waals surface area contributed by atoms with E-state index in [1.54, 1.807) is 4.68 Å². The van der Waals surface area contributed by atoms with Gasteiger partial charge in [-0.05, 0) is 52.7 Å². The third-order valence-corrected chi connectivity index (χ3v) is 7.47. The van der Waals surface area contributed by atoms with E-state index in [9.17, 15) is 5.11 Å². The van der Waals surface area contributed by atoms with E-state index in [1.807, 2.05) is 67.6 Å². The Balaban J connectivity index is 1.55. The first-order valence-electron chi connectivity index (χ1n) is 13.7. The Morgan fingerprint density at radius 1 is 1.18 bits per heavy atom. The van der Waals surface area contributed by atoms with Crippen molar-refractivity contribution >= 4 is 17.7 Å². The van der Waals surface area contributed by atoms with Crippen LogP contribution in [0.25, 0.3) is 28.9 Å². The molecule has 2 atom stereocenters. The first kappa shape index (κ1) is 25.6. The number of nitrogens with zero attached hydrogens (tertiary/aromatic N) is 8. The van der Waals surface area contributed by atoms with Gasteiger partial charge in [0.05, 0.1) is 65.4 Å². The summed E-state index contributed by atoms with van der Waals surface area (Å²) in [5.41, 5.74) is 5.31. The Morgan fingerprint density at radius 2 is 1.97 bits per heavy atom. The standard InChI is InChI=1S/C28H36N8O3/c1-6-38-27-22-9-10-25-30-12-21-11-29-23(14-35(21)25)26-19(4)31-33(5)28(26)39-18(3)13-34(20-7-8-20)15-24(22)36(32-27)17(2)16-37/h9-12,14,17-18,20,37H,6-8,13,15-16H2,1-5H3/b10-9+/t17-,18-/m0/s1. The first-order chi connectivity index (χ1) is 18.9. The molecule has 2 aliphatic rings. The normalized spacial score (nSPS) is 19.7. The number of hydrogen-bond acceptors (Lipinski definition) is 8. The van der Waals surface area contributed by atoms with Crippen LogP contribution in [0.5, 0.6) is 11.8 Å². The molecular formula is C28H36N8O3. The molecule has 39 heavy (non-hydrogen) atoms. The molecule has 1 aliphatic carbocycles. The van der Waals surface area contributed by atoms with Crippen molar-refractivity contribution in [2.75, 3.05) is 19.8 Å². The molecule has 6 rings (SSSR count). The van der Waals surface area contributed by atoms with Gasteiger partial charge in [0.15, 0.2) is 0 Å². The maximum Gasteiger partial charge on any atom is 0.240 e.